The lowest BCUT2D eigenvalue weighted by atomic mass is 10.1. The summed E-state index contributed by atoms with van der Waals surface area (Å²) in [6.45, 7) is 2.92. The van der Waals surface area contributed by atoms with Gasteiger partial charge in [-0.1, -0.05) is 19.9 Å². The van der Waals surface area contributed by atoms with Crippen molar-refractivity contribution in [3.05, 3.63) is 23.8 Å². The van der Waals surface area contributed by atoms with Gasteiger partial charge in [-0.05, 0) is 31.0 Å². The van der Waals surface area contributed by atoms with Gasteiger partial charge in [0.2, 0.25) is 11.8 Å². The van der Waals surface area contributed by atoms with Gasteiger partial charge in [-0.15, -0.1) is 0 Å². The summed E-state index contributed by atoms with van der Waals surface area (Å²) in [4.78, 5) is 25.3. The maximum Gasteiger partial charge on any atom is 0.387 e. The minimum atomic E-state index is -2.95. The van der Waals surface area contributed by atoms with Crippen LogP contribution in [0.25, 0.3) is 0 Å². The van der Waals surface area contributed by atoms with E-state index in [9.17, 15) is 18.4 Å². The molecule has 0 saturated heterocycles. The number of nitrogens with zero attached hydrogens (tertiary/aromatic N) is 1. The molecule has 0 radical (unpaired) electrons. The molecule has 0 aliphatic rings. The van der Waals surface area contributed by atoms with Gasteiger partial charge in [0, 0.05) is 19.5 Å². The second-order valence-corrected chi connectivity index (χ2v) is 5.87. The van der Waals surface area contributed by atoms with Crippen LogP contribution in [0.3, 0.4) is 0 Å². The number of halogens is 2. The molecule has 6 nitrogen and oxygen atoms in total. The van der Waals surface area contributed by atoms with Crippen LogP contribution < -0.4 is 14.8 Å². The molecule has 146 valence electrons. The zero-order valence-electron chi connectivity index (χ0n) is 15.6. The normalized spacial score (nSPS) is 11.8. The minimum absolute atomic E-state index is 0.0552. The van der Waals surface area contributed by atoms with E-state index in [1.807, 2.05) is 6.92 Å². The summed E-state index contributed by atoms with van der Waals surface area (Å²) in [6.07, 6.45) is 0.698. The van der Waals surface area contributed by atoms with Crippen molar-refractivity contribution in [3.8, 4) is 11.5 Å². The first-order chi connectivity index (χ1) is 12.3. The Morgan fingerprint density at radius 2 is 1.92 bits per heavy atom. The van der Waals surface area contributed by atoms with Crippen molar-refractivity contribution in [2.45, 2.75) is 40.3 Å². The number of hydrogen-bond acceptors (Lipinski definition) is 4. The number of rotatable bonds is 10. The van der Waals surface area contributed by atoms with Crippen LogP contribution in [-0.4, -0.2) is 43.5 Å². The summed E-state index contributed by atoms with van der Waals surface area (Å²) in [5, 5.41) is 2.60. The maximum atomic E-state index is 12.4. The van der Waals surface area contributed by atoms with Crippen LogP contribution in [0.5, 0.6) is 11.5 Å². The highest BCUT2D eigenvalue weighted by Gasteiger charge is 2.16. The zero-order chi connectivity index (χ0) is 19.7. The molecular weight excluding hydrogens is 346 g/mol. The van der Waals surface area contributed by atoms with E-state index < -0.39 is 6.61 Å². The van der Waals surface area contributed by atoms with Gasteiger partial charge in [-0.2, -0.15) is 8.78 Å². The summed E-state index contributed by atoms with van der Waals surface area (Å²) in [7, 11) is 1.60. The van der Waals surface area contributed by atoms with E-state index in [0.717, 1.165) is 0 Å². The van der Waals surface area contributed by atoms with Gasteiger partial charge >= 0.3 is 6.61 Å². The van der Waals surface area contributed by atoms with Gasteiger partial charge in [-0.25, -0.2) is 0 Å². The first-order valence-corrected chi connectivity index (χ1v) is 8.50. The van der Waals surface area contributed by atoms with E-state index in [2.05, 4.69) is 10.1 Å². The number of carbonyl (C=O) groups excluding carboxylic acids is 2. The summed E-state index contributed by atoms with van der Waals surface area (Å²) in [6, 6.07) is 4.53. The van der Waals surface area contributed by atoms with Crippen molar-refractivity contribution in [2.24, 2.45) is 5.92 Å². The average molecular weight is 372 g/mol. The van der Waals surface area contributed by atoms with Crippen molar-refractivity contribution in [1.29, 1.82) is 0 Å². The Morgan fingerprint density at radius 3 is 2.50 bits per heavy atom. The predicted molar refractivity (Wildman–Crippen MR) is 93.2 cm³/mol. The summed E-state index contributed by atoms with van der Waals surface area (Å²) in [5.41, 5.74) is 0.694. The molecule has 1 unspecified atom stereocenters. The molecule has 1 aromatic carbocycles. The third kappa shape index (κ3) is 6.85. The third-order valence-electron chi connectivity index (χ3n) is 3.84. The number of amides is 2. The van der Waals surface area contributed by atoms with Crippen LogP contribution in [0.15, 0.2) is 18.2 Å². The summed E-state index contributed by atoms with van der Waals surface area (Å²) in [5.74, 6) is -0.435. The van der Waals surface area contributed by atoms with E-state index in [1.165, 1.54) is 11.0 Å². The molecule has 1 rings (SSSR count). The van der Waals surface area contributed by atoms with Gasteiger partial charge in [0.05, 0.1) is 13.2 Å². The molecule has 0 saturated carbocycles. The average Bonchev–Trinajstić information content (AvgIpc) is 2.60. The molecule has 0 spiro atoms. The van der Waals surface area contributed by atoms with E-state index in [0.29, 0.717) is 18.6 Å². The van der Waals surface area contributed by atoms with Crippen molar-refractivity contribution >= 4 is 11.8 Å². The highest BCUT2D eigenvalue weighted by atomic mass is 19.3. The number of alkyl halides is 2. The van der Waals surface area contributed by atoms with Gasteiger partial charge < -0.3 is 19.7 Å². The van der Waals surface area contributed by atoms with Crippen molar-refractivity contribution in [2.75, 3.05) is 20.2 Å². The topological polar surface area (TPSA) is 67.9 Å². The number of likely N-dealkylation sites (N-methyl/N-ethyl adjacent to an activating group) is 1. The fraction of sp³-hybridized carbons (Fsp3) is 0.556. The highest BCUT2D eigenvalue weighted by molar-refractivity contribution is 5.85. The second kappa shape index (κ2) is 10.6. The van der Waals surface area contributed by atoms with E-state index >= 15 is 0 Å². The fourth-order valence-corrected chi connectivity index (χ4v) is 2.13. The first kappa shape index (κ1) is 21.7. The van der Waals surface area contributed by atoms with Crippen molar-refractivity contribution in [3.63, 3.8) is 0 Å². The molecule has 0 fully saturated rings. The van der Waals surface area contributed by atoms with Crippen LogP contribution in [0.2, 0.25) is 0 Å². The molecule has 1 aromatic rings. The Labute approximate surface area is 152 Å². The van der Waals surface area contributed by atoms with Crippen LogP contribution in [0, 0.1) is 5.92 Å². The van der Waals surface area contributed by atoms with E-state index in [4.69, 9.17) is 4.74 Å². The van der Waals surface area contributed by atoms with Crippen LogP contribution in [-0.2, 0) is 16.1 Å². The van der Waals surface area contributed by atoms with Gasteiger partial charge in [-0.3, -0.25) is 9.59 Å². The molecule has 0 aliphatic heterocycles. The lowest BCUT2D eigenvalue weighted by Gasteiger charge is -2.19. The standard InChI is InChI=1S/C18H26F2N2O4/c1-5-12(3)17(24)21-10-16(23)22(4)11-13-7-8-14(26-18(19)20)15(9-13)25-6-2/h7-9,12,18H,5-6,10-11H2,1-4H3,(H,21,24). The number of nitrogens with one attached hydrogen (secondary N) is 1. The summed E-state index contributed by atoms with van der Waals surface area (Å²) < 4.78 is 34.6. The van der Waals surface area contributed by atoms with E-state index in [-0.39, 0.29) is 42.3 Å². The fourth-order valence-electron chi connectivity index (χ4n) is 2.13. The third-order valence-corrected chi connectivity index (χ3v) is 3.84. The van der Waals surface area contributed by atoms with Gasteiger partial charge in [0.25, 0.3) is 0 Å². The molecule has 0 aliphatic carbocycles. The molecule has 2 amide bonds. The molecule has 1 atom stereocenters. The van der Waals surface area contributed by atoms with E-state index in [1.54, 1.807) is 33.0 Å². The summed E-state index contributed by atoms with van der Waals surface area (Å²) >= 11 is 0. The lowest BCUT2D eigenvalue weighted by Crippen LogP contribution is -2.39. The number of carbonyl (C=O) groups is 2. The molecule has 8 heteroatoms. The van der Waals surface area contributed by atoms with Gasteiger partial charge in [0.15, 0.2) is 11.5 Å². The molecular formula is C18H26F2N2O4. The highest BCUT2D eigenvalue weighted by Crippen LogP contribution is 2.30. The quantitative estimate of drug-likeness (QED) is 0.686. The first-order valence-electron chi connectivity index (χ1n) is 8.50. The SMILES string of the molecule is CCOc1cc(CN(C)C(=O)CNC(=O)C(C)CC)ccc1OC(F)F. The largest absolute Gasteiger partial charge is 0.490 e. The Morgan fingerprint density at radius 1 is 1.23 bits per heavy atom. The Hall–Kier alpha value is -2.38. The molecule has 0 heterocycles. The molecule has 0 bridgehead atoms. The number of benzene rings is 1. The van der Waals surface area contributed by atoms with Crippen molar-refractivity contribution in [1.82, 2.24) is 10.2 Å². The Bertz CT molecular complexity index is 611. The Kier molecular flexibility index (Phi) is 8.81. The molecule has 1 N–H and O–H groups in total. The van der Waals surface area contributed by atoms with Crippen LogP contribution in [0.1, 0.15) is 32.8 Å². The number of hydrogen-bond donors (Lipinski definition) is 1. The maximum absolute atomic E-state index is 12.4. The Balaban J connectivity index is 2.70. The molecule has 0 aromatic heterocycles. The predicted octanol–water partition coefficient (Wildman–Crippen LogP) is 2.81. The smallest absolute Gasteiger partial charge is 0.387 e. The monoisotopic (exact) mass is 372 g/mol. The lowest BCUT2D eigenvalue weighted by molar-refractivity contribution is -0.133. The minimum Gasteiger partial charge on any atom is -0.490 e. The van der Waals surface area contributed by atoms with Crippen LogP contribution in [0.4, 0.5) is 8.78 Å². The zero-order valence-corrected chi connectivity index (χ0v) is 15.6. The molecule has 26 heavy (non-hydrogen) atoms. The second-order valence-electron chi connectivity index (χ2n) is 5.87. The van der Waals surface area contributed by atoms with Crippen molar-refractivity contribution < 1.29 is 27.8 Å². The van der Waals surface area contributed by atoms with Crippen LogP contribution >= 0.6 is 0 Å². The number of ether oxygens (including phenoxy) is 2. The van der Waals surface area contributed by atoms with Gasteiger partial charge in [0.1, 0.15) is 0 Å².